The number of hydrogen-bond acceptors (Lipinski definition) is 12. The van der Waals surface area contributed by atoms with Crippen molar-refractivity contribution in [2.45, 2.75) is 48.6 Å². The summed E-state index contributed by atoms with van der Waals surface area (Å²) in [6.07, 6.45) is -4.29. The number of rotatable bonds is 6. The molecule has 1 unspecified atom stereocenters. The molecular formula is C8H6Na12O12. The monoisotopic (exact) mass is 570 g/mol. The first-order chi connectivity index (χ1) is 8.48. The second kappa shape index (κ2) is 35.4. The molecule has 0 heterocycles. The zero-order chi connectivity index (χ0) is 16.8. The Morgan fingerprint density at radius 1 is 0.438 bits per heavy atom. The summed E-state index contributed by atoms with van der Waals surface area (Å²) in [5, 5.41) is 128. The van der Waals surface area contributed by atoms with Crippen molar-refractivity contribution >= 4 is 0 Å². The van der Waals surface area contributed by atoms with Crippen LogP contribution < -0.4 is 416 Å². The van der Waals surface area contributed by atoms with E-state index in [1.807, 2.05) is 0 Å². The van der Waals surface area contributed by atoms with Gasteiger partial charge in [-0.2, -0.15) is 6.10 Å². The molecule has 0 aliphatic carbocycles. The molecule has 0 rings (SSSR count). The fourth-order valence-electron chi connectivity index (χ4n) is 1.13. The summed E-state index contributed by atoms with van der Waals surface area (Å²) in [4.78, 5) is 0. The van der Waals surface area contributed by atoms with E-state index in [-0.39, 0.29) is 355 Å². The third-order valence-electron chi connectivity index (χ3n) is 2.52. The molecule has 0 saturated carbocycles. The van der Waals surface area contributed by atoms with Crippen LogP contribution in [0.3, 0.4) is 0 Å². The molecule has 32 heavy (non-hydrogen) atoms. The molecule has 12 nitrogen and oxygen atoms in total. The van der Waals surface area contributed by atoms with Gasteiger partial charge in [0.25, 0.3) is 0 Å². The van der Waals surface area contributed by atoms with Crippen LogP contribution in [0.5, 0.6) is 0 Å². The van der Waals surface area contributed by atoms with Crippen LogP contribution in [0, 0.1) is 0 Å². The maximum Gasteiger partial charge on any atom is 1.00 e. The largest absolute Gasteiger partial charge is 1.00 e. The van der Waals surface area contributed by atoms with Crippen molar-refractivity contribution in [3.05, 3.63) is 0 Å². The van der Waals surface area contributed by atoms with Gasteiger partial charge in [-0.15, -0.1) is 0 Å². The van der Waals surface area contributed by atoms with E-state index in [0.29, 0.717) is 0 Å². The summed E-state index contributed by atoms with van der Waals surface area (Å²) in [6.45, 7) is 0.788. The van der Waals surface area contributed by atoms with Crippen LogP contribution in [0.25, 0.3) is 0 Å². The Hall–Kier alpha value is 11.5. The van der Waals surface area contributed by atoms with E-state index in [4.69, 9.17) is 0 Å². The molecule has 0 aromatic carbocycles. The maximum atomic E-state index is 11.0. The Kier molecular flexibility index (Phi) is 93.4. The Bertz CT molecular complexity index is 370. The zero-order valence-electron chi connectivity index (χ0n) is 21.7. The maximum absolute atomic E-state index is 11.0. The first kappa shape index (κ1) is 84.5. The second-order valence-electron chi connectivity index (χ2n) is 3.97. The Morgan fingerprint density at radius 2 is 0.656 bits per heavy atom. The standard InChI is InChI=1S/C8H6O12.12Na/c1-2-3(9)4(10,11)5(12,13)6(14,15)7(16,17)8(18,19)20;;;;;;;;;;;;/h3H,2H2,1H3;;;;;;;;;;;;/q-12;12*+1. The van der Waals surface area contributed by atoms with Crippen molar-refractivity contribution in [1.82, 2.24) is 0 Å². The molecule has 24 heteroatoms. The van der Waals surface area contributed by atoms with Crippen molar-refractivity contribution < 1.29 is 416 Å². The second-order valence-corrected chi connectivity index (χ2v) is 3.97. The van der Waals surface area contributed by atoms with Crippen LogP contribution in [0.2, 0.25) is 0 Å². The van der Waals surface area contributed by atoms with E-state index in [2.05, 4.69) is 0 Å². The van der Waals surface area contributed by atoms with Gasteiger partial charge in [-0.1, -0.05) is 13.3 Å². The van der Waals surface area contributed by atoms with Crippen LogP contribution >= 0.6 is 0 Å². The van der Waals surface area contributed by atoms with Crippen LogP contribution in [0.15, 0.2) is 0 Å². The zero-order valence-corrected chi connectivity index (χ0v) is 45.7. The summed E-state index contributed by atoms with van der Waals surface area (Å²) in [5.41, 5.74) is 0. The first-order valence-corrected chi connectivity index (χ1v) is 4.89. The van der Waals surface area contributed by atoms with Gasteiger partial charge in [0.05, 0.1) is 0 Å². The quantitative estimate of drug-likeness (QED) is 0.213. The molecule has 0 spiro atoms. The van der Waals surface area contributed by atoms with Crippen molar-refractivity contribution in [2.75, 3.05) is 0 Å². The molecule has 0 amide bonds. The third-order valence-corrected chi connectivity index (χ3v) is 2.52. The fraction of sp³-hybridized carbons (Fsp3) is 1.00. The van der Waals surface area contributed by atoms with E-state index in [0.717, 1.165) is 6.92 Å². The van der Waals surface area contributed by atoms with E-state index in [9.17, 15) is 61.3 Å². The van der Waals surface area contributed by atoms with E-state index in [1.54, 1.807) is 0 Å². The molecule has 0 aliphatic heterocycles. The molecule has 0 aromatic heterocycles. The SMILES string of the molecule is CCC([O-])C([O-])([O-])C([O-])([O-])C([O-])([O-])C([O-])([O-])C([O-])([O-])[O-].[Na+].[Na+].[Na+].[Na+].[Na+].[Na+].[Na+].[Na+].[Na+].[Na+].[Na+].[Na+]. The predicted octanol–water partition coefficient (Wildman–Crippen LogP) is -50.4. The summed E-state index contributed by atoms with van der Waals surface area (Å²) < 4.78 is 0. The van der Waals surface area contributed by atoms with Gasteiger partial charge >= 0.3 is 355 Å². The minimum Gasteiger partial charge on any atom is -0.878 e. The van der Waals surface area contributed by atoms with Gasteiger partial charge in [0.2, 0.25) is 0 Å². The predicted molar refractivity (Wildman–Crippen MR) is 27.7 cm³/mol. The molecule has 0 saturated heterocycles. The van der Waals surface area contributed by atoms with Gasteiger partial charge in [-0.3, -0.25) is 23.1 Å². The molecule has 122 valence electrons. The van der Waals surface area contributed by atoms with E-state index in [1.165, 1.54) is 0 Å². The molecule has 0 aliphatic rings. The molecular weight excluding hydrogens is 564 g/mol. The molecule has 0 fully saturated rings. The Morgan fingerprint density at radius 3 is 0.812 bits per heavy atom. The van der Waals surface area contributed by atoms with Gasteiger partial charge in [0, 0.05) is 0 Å². The van der Waals surface area contributed by atoms with Gasteiger partial charge in [-0.05, 0) is 0 Å². The van der Waals surface area contributed by atoms with Gasteiger partial charge in [0.15, 0.2) is 0 Å². The number of hydrogen-bond donors (Lipinski definition) is 0. The molecule has 1 atom stereocenters. The van der Waals surface area contributed by atoms with Crippen molar-refractivity contribution in [2.24, 2.45) is 0 Å². The third kappa shape index (κ3) is 22.1. The Balaban J connectivity index is -0.0000000273. The molecule has 0 aromatic rings. The van der Waals surface area contributed by atoms with E-state index >= 15 is 0 Å². The summed E-state index contributed by atoms with van der Waals surface area (Å²) in [6, 6.07) is 0. The van der Waals surface area contributed by atoms with Crippen molar-refractivity contribution in [3.63, 3.8) is 0 Å². The normalized spacial score (nSPS) is 10.8. The summed E-state index contributed by atoms with van der Waals surface area (Å²) in [7, 11) is 0. The fourth-order valence-corrected chi connectivity index (χ4v) is 1.13. The molecule has 0 N–H and O–H groups in total. The minimum atomic E-state index is -6.24. The van der Waals surface area contributed by atoms with Crippen molar-refractivity contribution in [3.8, 4) is 0 Å². The topological polar surface area (TPSA) is 277 Å². The van der Waals surface area contributed by atoms with Gasteiger partial charge in [0.1, 0.15) is 0 Å². The van der Waals surface area contributed by atoms with E-state index < -0.39 is 41.6 Å². The smallest absolute Gasteiger partial charge is 0.878 e. The van der Waals surface area contributed by atoms with Crippen LogP contribution in [-0.4, -0.2) is 35.2 Å². The molecule has 0 bridgehead atoms. The van der Waals surface area contributed by atoms with Gasteiger partial charge in [-0.25, -0.2) is 0 Å². The summed E-state index contributed by atoms with van der Waals surface area (Å²) >= 11 is 0. The van der Waals surface area contributed by atoms with Crippen LogP contribution in [-0.2, 0) is 0 Å². The molecule has 0 radical (unpaired) electrons. The van der Waals surface area contributed by atoms with Crippen molar-refractivity contribution in [1.29, 1.82) is 0 Å². The summed E-state index contributed by atoms with van der Waals surface area (Å²) in [5.74, 6) is -29.7. The first-order valence-electron chi connectivity index (χ1n) is 4.89. The Labute approximate surface area is 452 Å². The van der Waals surface area contributed by atoms with Crippen LogP contribution in [0.1, 0.15) is 13.3 Å². The van der Waals surface area contributed by atoms with Gasteiger partial charge < -0.3 is 67.3 Å². The van der Waals surface area contributed by atoms with Crippen LogP contribution in [0.4, 0.5) is 0 Å². The average molecular weight is 570 g/mol. The minimum absolute atomic E-state index is 0. The average Bonchev–Trinajstić information content (AvgIpc) is 2.25.